The van der Waals surface area contributed by atoms with Crippen LogP contribution in [0.2, 0.25) is 0 Å². The molecule has 0 spiro atoms. The highest BCUT2D eigenvalue weighted by molar-refractivity contribution is 8.01. The lowest BCUT2D eigenvalue weighted by molar-refractivity contribution is 0.225. The molecule has 4 nitrogen and oxygen atoms in total. The number of hydrogen-bond acceptors (Lipinski definition) is 5. The normalized spacial score (nSPS) is 24.9. The van der Waals surface area contributed by atoms with E-state index in [1.165, 1.54) is 0 Å². The van der Waals surface area contributed by atoms with E-state index in [4.69, 9.17) is 5.26 Å². The highest BCUT2D eigenvalue weighted by Gasteiger charge is 2.36. The van der Waals surface area contributed by atoms with Crippen LogP contribution in [0.25, 0.3) is 0 Å². The molecule has 0 aromatic heterocycles. The Bertz CT molecular complexity index is 362. The highest BCUT2D eigenvalue weighted by atomic mass is 32.2. The summed E-state index contributed by atoms with van der Waals surface area (Å²) in [5, 5.41) is 8.57. The summed E-state index contributed by atoms with van der Waals surface area (Å²) in [6.07, 6.45) is 0.677. The van der Waals surface area contributed by atoms with Gasteiger partial charge in [0.2, 0.25) is 0 Å². The third kappa shape index (κ3) is 2.90. The van der Waals surface area contributed by atoms with E-state index >= 15 is 0 Å². The smallest absolute Gasteiger partial charge is 0.166 e. The van der Waals surface area contributed by atoms with Crippen molar-refractivity contribution < 1.29 is 8.42 Å². The molecule has 0 aromatic rings. The minimum absolute atomic E-state index is 0.149. The van der Waals surface area contributed by atoms with Gasteiger partial charge < -0.3 is 0 Å². The van der Waals surface area contributed by atoms with Gasteiger partial charge in [0.15, 0.2) is 9.84 Å². The molecule has 1 saturated heterocycles. The van der Waals surface area contributed by atoms with Crippen LogP contribution in [0.15, 0.2) is 0 Å². The van der Waals surface area contributed by atoms with Crippen molar-refractivity contribution in [2.75, 3.05) is 23.8 Å². The van der Waals surface area contributed by atoms with Gasteiger partial charge in [0.1, 0.15) is 5.37 Å². The molecule has 1 aliphatic rings. The Labute approximate surface area is 102 Å². The summed E-state index contributed by atoms with van der Waals surface area (Å²) in [4.78, 5) is 1.86. The van der Waals surface area contributed by atoms with Crippen molar-refractivity contribution in [3.8, 4) is 6.07 Å². The van der Waals surface area contributed by atoms with Crippen LogP contribution >= 0.6 is 11.8 Å². The molecule has 2 unspecified atom stereocenters. The van der Waals surface area contributed by atoms with E-state index in [2.05, 4.69) is 6.07 Å². The fourth-order valence-electron chi connectivity index (χ4n) is 1.85. The maximum Gasteiger partial charge on any atom is 0.166 e. The first-order valence-electron chi connectivity index (χ1n) is 5.51. The average Bonchev–Trinajstić information content (AvgIpc) is 2.31. The number of rotatable bonds is 4. The zero-order valence-corrected chi connectivity index (χ0v) is 11.4. The number of sulfone groups is 1. The minimum Gasteiger partial charge on any atom is -0.270 e. The molecule has 1 heterocycles. The van der Waals surface area contributed by atoms with E-state index in [1.807, 2.05) is 11.8 Å². The molecule has 92 valence electrons. The first-order chi connectivity index (χ1) is 7.56. The van der Waals surface area contributed by atoms with E-state index in [9.17, 15) is 8.42 Å². The zero-order chi connectivity index (χ0) is 12.2. The van der Waals surface area contributed by atoms with Gasteiger partial charge in [0, 0.05) is 23.8 Å². The van der Waals surface area contributed by atoms with E-state index in [-0.39, 0.29) is 11.8 Å². The fraction of sp³-hybridized carbons (Fsp3) is 0.900. The summed E-state index contributed by atoms with van der Waals surface area (Å²) in [7, 11) is -3.08. The standard InChI is InChI=1S/C10H18N2O2S2/c1-3-9(7-11)12-5-6-15-8-10(12)16(13,14)4-2/h9-10H,3-6,8H2,1-2H3. The van der Waals surface area contributed by atoms with Gasteiger partial charge in [-0.1, -0.05) is 13.8 Å². The predicted octanol–water partition coefficient (Wildman–Crippen LogP) is 1.10. The molecule has 1 rings (SSSR count). The first-order valence-corrected chi connectivity index (χ1v) is 8.38. The Morgan fingerprint density at radius 3 is 2.75 bits per heavy atom. The predicted molar refractivity (Wildman–Crippen MR) is 67.0 cm³/mol. The van der Waals surface area contributed by atoms with Gasteiger partial charge in [-0.15, -0.1) is 0 Å². The van der Waals surface area contributed by atoms with Crippen LogP contribution in [0, 0.1) is 11.3 Å². The van der Waals surface area contributed by atoms with Crippen molar-refractivity contribution in [1.82, 2.24) is 4.90 Å². The number of hydrogen-bond donors (Lipinski definition) is 0. The molecule has 6 heteroatoms. The van der Waals surface area contributed by atoms with E-state index < -0.39 is 15.2 Å². The molecule has 1 aliphatic heterocycles. The van der Waals surface area contributed by atoms with Crippen LogP contribution in [0.1, 0.15) is 20.3 Å². The molecule has 0 radical (unpaired) electrons. The summed E-state index contributed by atoms with van der Waals surface area (Å²) < 4.78 is 23.9. The molecular formula is C10H18N2O2S2. The summed E-state index contributed by atoms with van der Waals surface area (Å²) in [5.41, 5.74) is 0. The Morgan fingerprint density at radius 1 is 1.56 bits per heavy atom. The molecular weight excluding hydrogens is 244 g/mol. The molecule has 0 aliphatic carbocycles. The lowest BCUT2D eigenvalue weighted by atomic mass is 10.2. The van der Waals surface area contributed by atoms with Crippen molar-refractivity contribution in [2.24, 2.45) is 0 Å². The van der Waals surface area contributed by atoms with Crippen molar-refractivity contribution >= 4 is 21.6 Å². The quantitative estimate of drug-likeness (QED) is 0.759. The van der Waals surface area contributed by atoms with Crippen molar-refractivity contribution in [3.63, 3.8) is 0 Å². The van der Waals surface area contributed by atoms with E-state index in [0.717, 1.165) is 5.75 Å². The van der Waals surface area contributed by atoms with Crippen LogP contribution in [-0.4, -0.2) is 48.5 Å². The molecule has 0 bridgehead atoms. The summed E-state index contributed by atoms with van der Waals surface area (Å²) in [6, 6.07) is 1.93. The van der Waals surface area contributed by atoms with E-state index in [0.29, 0.717) is 18.7 Å². The van der Waals surface area contributed by atoms with Gasteiger partial charge in [-0.3, -0.25) is 4.90 Å². The lowest BCUT2D eigenvalue weighted by Crippen LogP contribution is -2.52. The number of nitriles is 1. The van der Waals surface area contributed by atoms with Gasteiger partial charge in [-0.05, 0) is 6.42 Å². The summed E-state index contributed by atoms with van der Waals surface area (Å²) in [6.45, 7) is 4.28. The fourth-order valence-corrected chi connectivity index (χ4v) is 4.92. The Kier molecular flexibility index (Phi) is 5.09. The van der Waals surface area contributed by atoms with Crippen LogP contribution in [-0.2, 0) is 9.84 Å². The van der Waals surface area contributed by atoms with Gasteiger partial charge in [-0.25, -0.2) is 8.42 Å². The number of nitrogens with zero attached hydrogens (tertiary/aromatic N) is 2. The molecule has 0 saturated carbocycles. The highest BCUT2D eigenvalue weighted by Crippen LogP contribution is 2.24. The molecule has 0 aromatic carbocycles. The second-order valence-corrected chi connectivity index (χ2v) is 7.37. The second kappa shape index (κ2) is 5.89. The van der Waals surface area contributed by atoms with Gasteiger partial charge in [0.25, 0.3) is 0 Å². The molecule has 2 atom stereocenters. The van der Waals surface area contributed by atoms with Crippen molar-refractivity contribution in [2.45, 2.75) is 31.7 Å². The van der Waals surface area contributed by atoms with Gasteiger partial charge >= 0.3 is 0 Å². The molecule has 1 fully saturated rings. The Balaban J connectivity index is 2.92. The lowest BCUT2D eigenvalue weighted by Gasteiger charge is -2.37. The molecule has 16 heavy (non-hydrogen) atoms. The Hall–Kier alpha value is -0.250. The first kappa shape index (κ1) is 13.8. The second-order valence-electron chi connectivity index (χ2n) is 3.77. The zero-order valence-electron chi connectivity index (χ0n) is 9.72. The van der Waals surface area contributed by atoms with Crippen molar-refractivity contribution in [3.05, 3.63) is 0 Å². The maximum absolute atomic E-state index is 11.9. The van der Waals surface area contributed by atoms with Crippen LogP contribution in [0.3, 0.4) is 0 Å². The maximum atomic E-state index is 11.9. The van der Waals surface area contributed by atoms with Crippen molar-refractivity contribution in [1.29, 1.82) is 5.26 Å². The largest absolute Gasteiger partial charge is 0.270 e. The SMILES string of the molecule is CCC(C#N)N1CCSCC1S(=O)(=O)CC. The topological polar surface area (TPSA) is 61.2 Å². The van der Waals surface area contributed by atoms with Gasteiger partial charge in [0.05, 0.1) is 12.1 Å². The van der Waals surface area contributed by atoms with Crippen LogP contribution in [0.4, 0.5) is 0 Å². The summed E-state index contributed by atoms with van der Waals surface area (Å²) >= 11 is 1.66. The third-order valence-corrected chi connectivity index (χ3v) is 6.18. The molecule has 0 amide bonds. The molecule has 0 N–H and O–H groups in total. The minimum atomic E-state index is -3.08. The summed E-state index contributed by atoms with van der Waals surface area (Å²) in [5.74, 6) is 1.65. The van der Waals surface area contributed by atoms with Crippen LogP contribution < -0.4 is 0 Å². The average molecular weight is 262 g/mol. The van der Waals surface area contributed by atoms with Gasteiger partial charge in [-0.2, -0.15) is 17.0 Å². The van der Waals surface area contributed by atoms with E-state index in [1.54, 1.807) is 18.7 Å². The third-order valence-electron chi connectivity index (χ3n) is 2.88. The Morgan fingerprint density at radius 2 is 2.25 bits per heavy atom. The number of thioether (sulfide) groups is 1. The van der Waals surface area contributed by atoms with Crippen LogP contribution in [0.5, 0.6) is 0 Å². The monoisotopic (exact) mass is 262 g/mol.